The molecule has 0 spiro atoms. The minimum absolute atomic E-state index is 0.0384. The van der Waals surface area contributed by atoms with Crippen molar-refractivity contribution in [2.75, 3.05) is 7.11 Å². The molecule has 0 amide bonds. The van der Waals surface area contributed by atoms with Crippen molar-refractivity contribution in [3.8, 4) is 17.1 Å². The van der Waals surface area contributed by atoms with Gasteiger partial charge < -0.3 is 10.5 Å². The first-order chi connectivity index (χ1) is 8.79. The molecule has 0 fully saturated rings. The lowest BCUT2D eigenvalue weighted by Gasteiger charge is -2.09. The first-order valence-electron chi connectivity index (χ1n) is 6.04. The Hall–Kier alpha value is -1.94. The molecule has 1 unspecified atom stereocenters. The molecule has 2 aromatic rings. The molecule has 1 aromatic carbocycles. The molecule has 1 aliphatic rings. The Morgan fingerprint density at radius 3 is 3.00 bits per heavy atom. The van der Waals surface area contributed by atoms with E-state index in [1.807, 2.05) is 30.5 Å². The Morgan fingerprint density at radius 2 is 2.17 bits per heavy atom. The van der Waals surface area contributed by atoms with Crippen molar-refractivity contribution in [2.24, 2.45) is 5.73 Å². The predicted octanol–water partition coefficient (Wildman–Crippen LogP) is 2.10. The number of nitrogens with two attached hydrogens (primary N) is 1. The van der Waals surface area contributed by atoms with Crippen molar-refractivity contribution in [3.05, 3.63) is 41.7 Å². The molecule has 18 heavy (non-hydrogen) atoms. The summed E-state index contributed by atoms with van der Waals surface area (Å²) >= 11 is 0. The zero-order valence-electron chi connectivity index (χ0n) is 10.3. The van der Waals surface area contributed by atoms with E-state index in [-0.39, 0.29) is 6.04 Å². The second-order valence-corrected chi connectivity index (χ2v) is 4.45. The summed E-state index contributed by atoms with van der Waals surface area (Å²) in [5.41, 5.74) is 9.09. The minimum Gasteiger partial charge on any atom is -0.496 e. The van der Waals surface area contributed by atoms with Crippen molar-refractivity contribution in [1.29, 1.82) is 0 Å². The van der Waals surface area contributed by atoms with Crippen LogP contribution in [0.5, 0.6) is 5.75 Å². The van der Waals surface area contributed by atoms with E-state index in [0.717, 1.165) is 29.8 Å². The highest BCUT2D eigenvalue weighted by molar-refractivity contribution is 5.64. The number of aromatic nitrogens is 2. The normalized spacial score (nSPS) is 17.6. The topological polar surface area (TPSA) is 61.0 Å². The van der Waals surface area contributed by atoms with Gasteiger partial charge in [-0.25, -0.2) is 9.97 Å². The second kappa shape index (κ2) is 4.38. The van der Waals surface area contributed by atoms with E-state index in [4.69, 9.17) is 10.5 Å². The third-order valence-corrected chi connectivity index (χ3v) is 3.32. The van der Waals surface area contributed by atoms with E-state index in [9.17, 15) is 0 Å². The largest absolute Gasteiger partial charge is 0.496 e. The van der Waals surface area contributed by atoms with Gasteiger partial charge in [0.15, 0.2) is 5.82 Å². The lowest BCUT2D eigenvalue weighted by Crippen LogP contribution is -2.08. The highest BCUT2D eigenvalue weighted by Crippen LogP contribution is 2.31. The zero-order chi connectivity index (χ0) is 12.5. The maximum Gasteiger partial charge on any atom is 0.163 e. The Bertz CT molecular complexity index is 583. The van der Waals surface area contributed by atoms with Crippen molar-refractivity contribution >= 4 is 0 Å². The van der Waals surface area contributed by atoms with E-state index in [1.165, 1.54) is 5.56 Å². The van der Waals surface area contributed by atoms with Crippen LogP contribution in [0.1, 0.15) is 23.7 Å². The zero-order valence-corrected chi connectivity index (χ0v) is 10.3. The van der Waals surface area contributed by atoms with Gasteiger partial charge in [-0.15, -0.1) is 0 Å². The van der Waals surface area contributed by atoms with E-state index >= 15 is 0 Å². The molecule has 0 bridgehead atoms. The molecule has 1 atom stereocenters. The van der Waals surface area contributed by atoms with Crippen LogP contribution in [-0.2, 0) is 6.42 Å². The van der Waals surface area contributed by atoms with E-state index in [1.54, 1.807) is 7.11 Å². The molecular formula is C14H15N3O. The van der Waals surface area contributed by atoms with Crippen LogP contribution in [0.15, 0.2) is 30.5 Å². The highest BCUT2D eigenvalue weighted by atomic mass is 16.5. The molecule has 4 nitrogen and oxygen atoms in total. The molecule has 1 heterocycles. The molecule has 0 saturated carbocycles. The van der Waals surface area contributed by atoms with Gasteiger partial charge in [0.1, 0.15) is 5.75 Å². The summed E-state index contributed by atoms with van der Waals surface area (Å²) in [6.07, 6.45) is 3.82. The number of methoxy groups -OCH3 is 1. The fraction of sp³-hybridized carbons (Fsp3) is 0.286. The monoisotopic (exact) mass is 241 g/mol. The van der Waals surface area contributed by atoms with Gasteiger partial charge in [-0.1, -0.05) is 12.1 Å². The Kier molecular flexibility index (Phi) is 2.72. The number of fused-ring (bicyclic) bond motifs is 1. The number of hydrogen-bond acceptors (Lipinski definition) is 4. The SMILES string of the molecule is COc1ccccc1-c1ncc2c(n1)C(N)CC2. The third kappa shape index (κ3) is 1.75. The average molecular weight is 241 g/mol. The van der Waals surface area contributed by atoms with Crippen LogP contribution in [0.2, 0.25) is 0 Å². The summed E-state index contributed by atoms with van der Waals surface area (Å²) in [5.74, 6) is 1.47. The summed E-state index contributed by atoms with van der Waals surface area (Å²) in [6.45, 7) is 0. The Labute approximate surface area is 106 Å². The second-order valence-electron chi connectivity index (χ2n) is 4.45. The molecule has 3 rings (SSSR count). The minimum atomic E-state index is 0.0384. The maximum atomic E-state index is 6.04. The molecule has 0 aliphatic heterocycles. The summed E-state index contributed by atoms with van der Waals surface area (Å²) in [7, 11) is 1.65. The van der Waals surface area contributed by atoms with E-state index < -0.39 is 0 Å². The Balaban J connectivity index is 2.10. The summed E-state index contributed by atoms with van der Waals surface area (Å²) in [4.78, 5) is 9.01. The number of nitrogens with zero attached hydrogens (tertiary/aromatic N) is 2. The molecule has 1 aromatic heterocycles. The number of para-hydroxylation sites is 1. The van der Waals surface area contributed by atoms with Crippen LogP contribution in [0, 0.1) is 0 Å². The van der Waals surface area contributed by atoms with Crippen LogP contribution in [0.4, 0.5) is 0 Å². The first-order valence-corrected chi connectivity index (χ1v) is 6.04. The lowest BCUT2D eigenvalue weighted by molar-refractivity contribution is 0.416. The van der Waals surface area contributed by atoms with E-state index in [0.29, 0.717) is 5.82 Å². The van der Waals surface area contributed by atoms with Gasteiger partial charge in [-0.3, -0.25) is 0 Å². The Morgan fingerprint density at radius 1 is 1.33 bits per heavy atom. The van der Waals surface area contributed by atoms with E-state index in [2.05, 4.69) is 9.97 Å². The molecule has 1 aliphatic carbocycles. The van der Waals surface area contributed by atoms with Gasteiger partial charge in [-0.05, 0) is 30.5 Å². The average Bonchev–Trinajstić information content (AvgIpc) is 2.80. The molecular weight excluding hydrogens is 226 g/mol. The van der Waals surface area contributed by atoms with Crippen LogP contribution >= 0.6 is 0 Å². The van der Waals surface area contributed by atoms with Gasteiger partial charge in [0.25, 0.3) is 0 Å². The van der Waals surface area contributed by atoms with Crippen LogP contribution in [0.25, 0.3) is 11.4 Å². The molecule has 4 heteroatoms. The lowest BCUT2D eigenvalue weighted by atomic mass is 10.1. The smallest absolute Gasteiger partial charge is 0.163 e. The summed E-state index contributed by atoms with van der Waals surface area (Å²) in [6, 6.07) is 7.79. The fourth-order valence-electron chi connectivity index (χ4n) is 2.34. The molecule has 2 N–H and O–H groups in total. The van der Waals surface area contributed by atoms with Crippen LogP contribution in [-0.4, -0.2) is 17.1 Å². The van der Waals surface area contributed by atoms with Crippen molar-refractivity contribution in [3.63, 3.8) is 0 Å². The number of hydrogen-bond donors (Lipinski definition) is 1. The number of benzene rings is 1. The number of aryl methyl sites for hydroxylation is 1. The summed E-state index contributed by atoms with van der Waals surface area (Å²) in [5, 5.41) is 0. The van der Waals surface area contributed by atoms with Crippen molar-refractivity contribution < 1.29 is 4.74 Å². The van der Waals surface area contributed by atoms with Gasteiger partial charge in [0, 0.05) is 12.2 Å². The van der Waals surface area contributed by atoms with Crippen molar-refractivity contribution in [1.82, 2.24) is 9.97 Å². The predicted molar refractivity (Wildman–Crippen MR) is 69.3 cm³/mol. The van der Waals surface area contributed by atoms with Gasteiger partial charge in [0.2, 0.25) is 0 Å². The van der Waals surface area contributed by atoms with Gasteiger partial charge in [-0.2, -0.15) is 0 Å². The standard InChI is InChI=1S/C14H15N3O/c1-18-12-5-3-2-4-10(12)14-16-8-9-6-7-11(15)13(9)17-14/h2-5,8,11H,6-7,15H2,1H3. The third-order valence-electron chi connectivity index (χ3n) is 3.32. The molecule has 0 saturated heterocycles. The number of rotatable bonds is 2. The van der Waals surface area contributed by atoms with Gasteiger partial charge >= 0.3 is 0 Å². The highest BCUT2D eigenvalue weighted by Gasteiger charge is 2.22. The quantitative estimate of drug-likeness (QED) is 0.874. The van der Waals surface area contributed by atoms with Gasteiger partial charge in [0.05, 0.1) is 18.4 Å². The fourth-order valence-corrected chi connectivity index (χ4v) is 2.34. The molecule has 92 valence electrons. The molecule has 0 radical (unpaired) electrons. The maximum absolute atomic E-state index is 6.04. The summed E-state index contributed by atoms with van der Waals surface area (Å²) < 4.78 is 5.33. The van der Waals surface area contributed by atoms with Crippen molar-refractivity contribution in [2.45, 2.75) is 18.9 Å². The number of ether oxygens (including phenoxy) is 1. The van der Waals surface area contributed by atoms with Crippen LogP contribution < -0.4 is 10.5 Å². The van der Waals surface area contributed by atoms with Crippen LogP contribution in [0.3, 0.4) is 0 Å². The first kappa shape index (κ1) is 11.2.